The second-order valence-corrected chi connectivity index (χ2v) is 5.84. The first kappa shape index (κ1) is 14.9. The first-order valence-corrected chi connectivity index (χ1v) is 8.59. The van der Waals surface area contributed by atoms with Crippen molar-refractivity contribution in [3.8, 4) is 17.6 Å². The van der Waals surface area contributed by atoms with E-state index in [0.29, 0.717) is 0 Å². The Balaban J connectivity index is 2.26. The van der Waals surface area contributed by atoms with Gasteiger partial charge < -0.3 is 4.74 Å². The van der Waals surface area contributed by atoms with Crippen molar-refractivity contribution in [3.63, 3.8) is 0 Å². The van der Waals surface area contributed by atoms with Gasteiger partial charge in [0.05, 0.1) is 7.11 Å². The van der Waals surface area contributed by atoms with E-state index < -0.39 is 0 Å². The molecule has 0 aliphatic carbocycles. The lowest BCUT2D eigenvalue weighted by Crippen LogP contribution is -1.83. The van der Waals surface area contributed by atoms with Crippen molar-refractivity contribution in [1.82, 2.24) is 0 Å². The molecule has 3 heteroatoms. The lowest BCUT2D eigenvalue weighted by molar-refractivity contribution is 0.415. The summed E-state index contributed by atoms with van der Waals surface area (Å²) in [5.74, 6) is 7.27. The number of thioether (sulfide) groups is 2. The van der Waals surface area contributed by atoms with Crippen molar-refractivity contribution >= 4 is 23.5 Å². The Bertz CT molecular complexity index is 614. The van der Waals surface area contributed by atoms with Crippen LogP contribution in [0.5, 0.6) is 5.75 Å². The standard InChI is InChI=1S/C17H16OS2/c1-18-15-8-6-13(7-9-15)4-5-14-10-16(19-2)12-17(11-14)20-3/h6-12H,1-3H3. The first-order valence-electron chi connectivity index (χ1n) is 6.14. The molecule has 20 heavy (non-hydrogen) atoms. The summed E-state index contributed by atoms with van der Waals surface area (Å²) in [6, 6.07) is 14.2. The zero-order valence-corrected chi connectivity index (χ0v) is 13.4. The van der Waals surface area contributed by atoms with E-state index in [4.69, 9.17) is 4.74 Å². The molecule has 0 atom stereocenters. The molecule has 0 aliphatic heterocycles. The topological polar surface area (TPSA) is 9.23 Å². The smallest absolute Gasteiger partial charge is 0.118 e. The van der Waals surface area contributed by atoms with Crippen LogP contribution in [-0.2, 0) is 0 Å². The highest BCUT2D eigenvalue weighted by Gasteiger charge is 1.98. The third kappa shape index (κ3) is 4.00. The number of rotatable bonds is 3. The monoisotopic (exact) mass is 300 g/mol. The Morgan fingerprint density at radius 1 is 0.800 bits per heavy atom. The summed E-state index contributed by atoms with van der Waals surface area (Å²) in [5, 5.41) is 0. The van der Waals surface area contributed by atoms with Crippen LogP contribution < -0.4 is 4.74 Å². The number of benzene rings is 2. The molecule has 2 rings (SSSR count). The third-order valence-electron chi connectivity index (χ3n) is 2.79. The highest BCUT2D eigenvalue weighted by Crippen LogP contribution is 2.24. The van der Waals surface area contributed by atoms with Crippen LogP contribution in [0, 0.1) is 11.8 Å². The first-order chi connectivity index (χ1) is 9.75. The summed E-state index contributed by atoms with van der Waals surface area (Å²) in [5.41, 5.74) is 2.04. The lowest BCUT2D eigenvalue weighted by atomic mass is 10.2. The maximum atomic E-state index is 5.14. The van der Waals surface area contributed by atoms with Gasteiger partial charge in [-0.05, 0) is 55.0 Å². The molecule has 0 amide bonds. The van der Waals surface area contributed by atoms with E-state index in [2.05, 4.69) is 42.6 Å². The van der Waals surface area contributed by atoms with E-state index in [9.17, 15) is 0 Å². The van der Waals surface area contributed by atoms with E-state index in [1.54, 1.807) is 30.6 Å². The minimum atomic E-state index is 0.851. The molecule has 0 bridgehead atoms. The Kier molecular flexibility index (Phi) is 5.46. The van der Waals surface area contributed by atoms with Crippen molar-refractivity contribution in [1.29, 1.82) is 0 Å². The fourth-order valence-electron chi connectivity index (χ4n) is 1.70. The predicted molar refractivity (Wildman–Crippen MR) is 89.0 cm³/mol. The summed E-state index contributed by atoms with van der Waals surface area (Å²) in [6.45, 7) is 0. The van der Waals surface area contributed by atoms with Gasteiger partial charge in [0, 0.05) is 20.9 Å². The maximum absolute atomic E-state index is 5.14. The van der Waals surface area contributed by atoms with E-state index >= 15 is 0 Å². The molecular weight excluding hydrogens is 284 g/mol. The van der Waals surface area contributed by atoms with Crippen molar-refractivity contribution < 1.29 is 4.74 Å². The molecule has 0 fully saturated rings. The normalized spacial score (nSPS) is 9.75. The van der Waals surface area contributed by atoms with Gasteiger partial charge in [-0.2, -0.15) is 0 Å². The van der Waals surface area contributed by atoms with Gasteiger partial charge in [0.25, 0.3) is 0 Å². The fourth-order valence-corrected chi connectivity index (χ4v) is 2.75. The summed E-state index contributed by atoms with van der Waals surface area (Å²) in [6.07, 6.45) is 4.17. The van der Waals surface area contributed by atoms with Gasteiger partial charge in [0.1, 0.15) is 5.75 Å². The van der Waals surface area contributed by atoms with Gasteiger partial charge in [0.15, 0.2) is 0 Å². The van der Waals surface area contributed by atoms with Crippen LogP contribution in [0.25, 0.3) is 0 Å². The van der Waals surface area contributed by atoms with Gasteiger partial charge in [0.2, 0.25) is 0 Å². The van der Waals surface area contributed by atoms with Crippen LogP contribution in [0.3, 0.4) is 0 Å². The minimum Gasteiger partial charge on any atom is -0.497 e. The Morgan fingerprint density at radius 3 is 1.85 bits per heavy atom. The van der Waals surface area contributed by atoms with Crippen LogP contribution in [0.4, 0.5) is 0 Å². The summed E-state index contributed by atoms with van der Waals surface area (Å²) >= 11 is 3.48. The van der Waals surface area contributed by atoms with Crippen molar-refractivity contribution in [2.45, 2.75) is 9.79 Å². The number of hydrogen-bond donors (Lipinski definition) is 0. The highest BCUT2D eigenvalue weighted by atomic mass is 32.2. The maximum Gasteiger partial charge on any atom is 0.118 e. The van der Waals surface area contributed by atoms with Crippen molar-refractivity contribution in [2.24, 2.45) is 0 Å². The quantitative estimate of drug-likeness (QED) is 0.608. The highest BCUT2D eigenvalue weighted by molar-refractivity contribution is 7.99. The van der Waals surface area contributed by atoms with Crippen molar-refractivity contribution in [2.75, 3.05) is 19.6 Å². The molecule has 0 saturated carbocycles. The second-order valence-electron chi connectivity index (χ2n) is 4.08. The van der Waals surface area contributed by atoms with E-state index in [1.165, 1.54) is 9.79 Å². The average molecular weight is 300 g/mol. The van der Waals surface area contributed by atoms with Gasteiger partial charge in [-0.25, -0.2) is 0 Å². The molecule has 1 nitrogen and oxygen atoms in total. The lowest BCUT2D eigenvalue weighted by Gasteiger charge is -2.02. The summed E-state index contributed by atoms with van der Waals surface area (Å²) < 4.78 is 5.14. The Hall–Kier alpha value is -1.50. The SMILES string of the molecule is COc1ccc(C#Cc2cc(SC)cc(SC)c2)cc1. The molecule has 2 aromatic rings. The van der Waals surface area contributed by atoms with Gasteiger partial charge in [-0.15, -0.1) is 23.5 Å². The Morgan fingerprint density at radius 2 is 1.35 bits per heavy atom. The molecular formula is C17H16OS2. The number of methoxy groups -OCH3 is 1. The molecule has 0 unspecified atom stereocenters. The van der Waals surface area contributed by atoms with Gasteiger partial charge >= 0.3 is 0 Å². The molecule has 0 N–H and O–H groups in total. The molecule has 0 radical (unpaired) electrons. The molecule has 2 aromatic carbocycles. The van der Waals surface area contributed by atoms with Crippen LogP contribution in [0.15, 0.2) is 52.3 Å². The molecule has 0 spiro atoms. The minimum absolute atomic E-state index is 0.851. The van der Waals surface area contributed by atoms with Gasteiger partial charge in [-0.3, -0.25) is 0 Å². The van der Waals surface area contributed by atoms with Crippen LogP contribution >= 0.6 is 23.5 Å². The third-order valence-corrected chi connectivity index (χ3v) is 4.21. The molecule has 0 heterocycles. The zero-order chi connectivity index (χ0) is 14.4. The second kappa shape index (κ2) is 7.33. The summed E-state index contributed by atoms with van der Waals surface area (Å²) in [7, 11) is 1.67. The fraction of sp³-hybridized carbons (Fsp3) is 0.176. The molecule has 102 valence electrons. The van der Waals surface area contributed by atoms with Crippen LogP contribution in [0.2, 0.25) is 0 Å². The van der Waals surface area contributed by atoms with Crippen LogP contribution in [0.1, 0.15) is 11.1 Å². The van der Waals surface area contributed by atoms with E-state index in [-0.39, 0.29) is 0 Å². The van der Waals surface area contributed by atoms with Crippen LogP contribution in [-0.4, -0.2) is 19.6 Å². The van der Waals surface area contributed by atoms with E-state index in [0.717, 1.165) is 16.9 Å². The number of ether oxygens (including phenoxy) is 1. The largest absolute Gasteiger partial charge is 0.497 e. The van der Waals surface area contributed by atoms with Crippen molar-refractivity contribution in [3.05, 3.63) is 53.6 Å². The Labute approximate surface area is 129 Å². The predicted octanol–water partition coefficient (Wildman–Crippen LogP) is 4.54. The van der Waals surface area contributed by atoms with Gasteiger partial charge in [-0.1, -0.05) is 11.8 Å². The van der Waals surface area contributed by atoms with E-state index in [1.807, 2.05) is 24.3 Å². The molecule has 0 aliphatic rings. The molecule has 0 aromatic heterocycles. The zero-order valence-electron chi connectivity index (χ0n) is 11.8. The average Bonchev–Trinajstić information content (AvgIpc) is 2.53. The molecule has 0 saturated heterocycles. The number of hydrogen-bond acceptors (Lipinski definition) is 3. The summed E-state index contributed by atoms with van der Waals surface area (Å²) in [4.78, 5) is 2.49.